The molecule has 0 radical (unpaired) electrons. The number of nitrogens with one attached hydrogen (secondary N) is 1. The molecule has 0 fully saturated rings. The summed E-state index contributed by atoms with van der Waals surface area (Å²) in [7, 11) is 0. The van der Waals surface area contributed by atoms with Crippen molar-refractivity contribution < 1.29 is 9.72 Å². The number of halogens is 1. The highest BCUT2D eigenvalue weighted by Gasteiger charge is 2.15. The maximum Gasteiger partial charge on any atom is 0.287 e. The molecule has 96 valence electrons. The largest absolute Gasteiger partial charge is 0.290 e. The summed E-state index contributed by atoms with van der Waals surface area (Å²) in [5, 5.41) is 12.9. The average molecular weight is 279 g/mol. The Hall–Kier alpha value is -2.54. The number of nitro groups is 1. The van der Waals surface area contributed by atoms with Gasteiger partial charge in [0.25, 0.3) is 11.6 Å². The third kappa shape index (κ3) is 3.02. The minimum absolute atomic E-state index is 0.105. The fourth-order valence-electron chi connectivity index (χ4n) is 1.33. The first-order valence-corrected chi connectivity index (χ1v) is 5.48. The van der Waals surface area contributed by atoms with E-state index >= 15 is 0 Å². The molecule has 0 bridgehead atoms. The van der Waals surface area contributed by atoms with E-state index in [0.29, 0.717) is 0 Å². The van der Waals surface area contributed by atoms with Crippen molar-refractivity contribution in [2.75, 3.05) is 5.32 Å². The van der Waals surface area contributed by atoms with Gasteiger partial charge in [-0.1, -0.05) is 11.6 Å². The molecule has 0 atom stereocenters. The smallest absolute Gasteiger partial charge is 0.287 e. The minimum atomic E-state index is -0.621. The van der Waals surface area contributed by atoms with E-state index in [1.54, 1.807) is 6.07 Å². The van der Waals surface area contributed by atoms with Gasteiger partial charge in [-0.25, -0.2) is 9.97 Å². The van der Waals surface area contributed by atoms with Gasteiger partial charge in [-0.05, 0) is 18.2 Å². The van der Waals surface area contributed by atoms with E-state index in [4.69, 9.17) is 11.6 Å². The van der Waals surface area contributed by atoms with Crippen molar-refractivity contribution in [2.24, 2.45) is 0 Å². The Labute approximate surface area is 112 Å². The number of aromatic nitrogens is 2. The number of anilines is 1. The first-order chi connectivity index (χ1) is 9.08. The van der Waals surface area contributed by atoms with Crippen LogP contribution in [0, 0.1) is 10.1 Å². The summed E-state index contributed by atoms with van der Waals surface area (Å²) in [6.07, 6.45) is 2.96. The maximum atomic E-state index is 11.8. The van der Waals surface area contributed by atoms with Gasteiger partial charge in [0.05, 0.1) is 4.92 Å². The van der Waals surface area contributed by atoms with Gasteiger partial charge in [-0.2, -0.15) is 0 Å². The van der Waals surface area contributed by atoms with Gasteiger partial charge in [0.15, 0.2) is 0 Å². The van der Waals surface area contributed by atoms with Crippen LogP contribution in [0.2, 0.25) is 5.02 Å². The van der Waals surface area contributed by atoms with Crippen LogP contribution in [0.5, 0.6) is 0 Å². The molecule has 0 spiro atoms. The highest BCUT2D eigenvalue weighted by Crippen LogP contribution is 2.25. The molecule has 0 saturated heterocycles. The number of hydrogen-bond acceptors (Lipinski definition) is 5. The molecular weight excluding hydrogens is 272 g/mol. The average Bonchev–Trinajstić information content (AvgIpc) is 2.39. The van der Waals surface area contributed by atoms with Gasteiger partial charge in [-0.15, -0.1) is 0 Å². The van der Waals surface area contributed by atoms with Gasteiger partial charge in [0, 0.05) is 24.0 Å². The Morgan fingerprint density at radius 2 is 2.00 bits per heavy atom. The van der Waals surface area contributed by atoms with Crippen LogP contribution in [0.4, 0.5) is 11.6 Å². The molecule has 1 N–H and O–H groups in total. The summed E-state index contributed by atoms with van der Waals surface area (Å²) in [6.45, 7) is 0. The molecule has 1 heterocycles. The van der Waals surface area contributed by atoms with E-state index in [0.717, 1.165) is 0 Å². The quantitative estimate of drug-likeness (QED) is 0.686. The van der Waals surface area contributed by atoms with Crippen LogP contribution in [0.15, 0.2) is 36.7 Å². The molecule has 0 unspecified atom stereocenters. The van der Waals surface area contributed by atoms with E-state index in [9.17, 15) is 14.9 Å². The van der Waals surface area contributed by atoms with E-state index < -0.39 is 10.8 Å². The third-order valence-corrected chi connectivity index (χ3v) is 2.50. The molecule has 0 aliphatic heterocycles. The maximum absolute atomic E-state index is 11.8. The Bertz CT molecular complexity index is 633. The van der Waals surface area contributed by atoms with Crippen molar-refractivity contribution in [1.82, 2.24) is 9.97 Å². The van der Waals surface area contributed by atoms with E-state index in [2.05, 4.69) is 15.3 Å². The van der Waals surface area contributed by atoms with Gasteiger partial charge in [0.1, 0.15) is 5.02 Å². The predicted molar refractivity (Wildman–Crippen MR) is 68.1 cm³/mol. The summed E-state index contributed by atoms with van der Waals surface area (Å²) >= 11 is 5.72. The first-order valence-electron chi connectivity index (χ1n) is 5.10. The molecule has 7 nitrogen and oxygen atoms in total. The van der Waals surface area contributed by atoms with E-state index in [-0.39, 0.29) is 22.2 Å². The van der Waals surface area contributed by atoms with Crippen LogP contribution < -0.4 is 5.32 Å². The summed E-state index contributed by atoms with van der Waals surface area (Å²) in [5.74, 6) is -0.357. The molecule has 19 heavy (non-hydrogen) atoms. The number of nitrogens with zero attached hydrogens (tertiary/aromatic N) is 3. The van der Waals surface area contributed by atoms with Gasteiger partial charge < -0.3 is 0 Å². The highest BCUT2D eigenvalue weighted by atomic mass is 35.5. The molecule has 0 aliphatic carbocycles. The molecule has 1 amide bonds. The molecule has 2 aromatic rings. The fourth-order valence-corrected chi connectivity index (χ4v) is 1.58. The number of rotatable bonds is 3. The lowest BCUT2D eigenvalue weighted by atomic mass is 10.2. The van der Waals surface area contributed by atoms with Gasteiger partial charge in [-0.3, -0.25) is 20.2 Å². The molecule has 1 aromatic carbocycles. The molecule has 8 heteroatoms. The number of benzene rings is 1. The number of carbonyl (C=O) groups is 1. The molecule has 2 rings (SSSR count). The monoisotopic (exact) mass is 278 g/mol. The zero-order valence-electron chi connectivity index (χ0n) is 9.41. The normalized spacial score (nSPS) is 9.95. The topological polar surface area (TPSA) is 98.0 Å². The van der Waals surface area contributed by atoms with Gasteiger partial charge in [0.2, 0.25) is 5.95 Å². The van der Waals surface area contributed by atoms with Crippen LogP contribution >= 0.6 is 11.6 Å². The van der Waals surface area contributed by atoms with E-state index in [1.165, 1.54) is 30.6 Å². The number of amides is 1. The summed E-state index contributed by atoms with van der Waals surface area (Å²) < 4.78 is 0. The number of nitro benzene ring substituents is 1. The lowest BCUT2D eigenvalue weighted by molar-refractivity contribution is -0.384. The van der Waals surface area contributed by atoms with Crippen LogP contribution in [-0.2, 0) is 0 Å². The second-order valence-corrected chi connectivity index (χ2v) is 3.86. The van der Waals surface area contributed by atoms with Crippen LogP contribution in [0.1, 0.15) is 10.4 Å². The SMILES string of the molecule is O=C(Nc1ncccn1)c1ccc([N+](=O)[O-])c(Cl)c1. The van der Waals surface area contributed by atoms with Crippen molar-refractivity contribution in [3.05, 3.63) is 57.4 Å². The number of carbonyl (C=O) groups excluding carboxylic acids is 1. The molecule has 0 aliphatic rings. The Balaban J connectivity index is 2.21. The fraction of sp³-hybridized carbons (Fsp3) is 0. The van der Waals surface area contributed by atoms with Crippen LogP contribution in [0.3, 0.4) is 0 Å². The minimum Gasteiger partial charge on any atom is -0.290 e. The molecular formula is C11H7ClN4O3. The summed E-state index contributed by atoms with van der Waals surface area (Å²) in [5.41, 5.74) is -0.0720. The summed E-state index contributed by atoms with van der Waals surface area (Å²) in [4.78, 5) is 29.5. The predicted octanol–water partition coefficient (Wildman–Crippen LogP) is 2.29. The standard InChI is InChI=1S/C11H7ClN4O3/c12-8-6-7(2-3-9(8)16(18)19)10(17)15-11-13-4-1-5-14-11/h1-6H,(H,13,14,15,17). The highest BCUT2D eigenvalue weighted by molar-refractivity contribution is 6.33. The Kier molecular flexibility index (Phi) is 3.67. The van der Waals surface area contributed by atoms with Crippen molar-refractivity contribution >= 4 is 29.1 Å². The lowest BCUT2D eigenvalue weighted by Gasteiger charge is -2.03. The number of hydrogen-bond donors (Lipinski definition) is 1. The van der Waals surface area contributed by atoms with Crippen LogP contribution in [0.25, 0.3) is 0 Å². The second kappa shape index (κ2) is 5.40. The third-order valence-electron chi connectivity index (χ3n) is 2.20. The van der Waals surface area contributed by atoms with Crippen molar-refractivity contribution in [3.8, 4) is 0 Å². The first kappa shape index (κ1) is 12.9. The Morgan fingerprint density at radius 3 is 2.58 bits per heavy atom. The van der Waals surface area contributed by atoms with Crippen LogP contribution in [-0.4, -0.2) is 20.8 Å². The zero-order chi connectivity index (χ0) is 13.8. The van der Waals surface area contributed by atoms with E-state index in [1.807, 2.05) is 0 Å². The lowest BCUT2D eigenvalue weighted by Crippen LogP contribution is -2.14. The van der Waals surface area contributed by atoms with Crippen molar-refractivity contribution in [3.63, 3.8) is 0 Å². The molecule has 0 saturated carbocycles. The van der Waals surface area contributed by atoms with Crippen molar-refractivity contribution in [1.29, 1.82) is 0 Å². The molecule has 1 aromatic heterocycles. The zero-order valence-corrected chi connectivity index (χ0v) is 10.2. The van der Waals surface area contributed by atoms with Gasteiger partial charge >= 0.3 is 0 Å². The Morgan fingerprint density at radius 1 is 1.32 bits per heavy atom. The van der Waals surface area contributed by atoms with Crippen molar-refractivity contribution in [2.45, 2.75) is 0 Å². The summed E-state index contributed by atoms with van der Waals surface area (Å²) in [6, 6.07) is 5.31. The second-order valence-electron chi connectivity index (χ2n) is 3.45.